The van der Waals surface area contributed by atoms with Crippen molar-refractivity contribution in [1.82, 2.24) is 0 Å². The van der Waals surface area contributed by atoms with Gasteiger partial charge in [0.05, 0.1) is 0 Å². The first-order valence-electron chi connectivity index (χ1n) is 4.13. The average Bonchev–Trinajstić information content (AvgIpc) is 2.10. The molecule has 0 aromatic heterocycles. The standard InChI is InChI=1S/C9H18N/c1-7-4-9(3,6-10)5-8(7)2/h7-8H,3-6,10H2,1-2H3/t7-,8-/m0/s1. The van der Waals surface area contributed by atoms with Crippen LogP contribution in [0.25, 0.3) is 0 Å². The minimum atomic E-state index is 0.207. The molecule has 1 aliphatic rings. The predicted octanol–water partition coefficient (Wildman–Crippen LogP) is 1.83. The lowest BCUT2D eigenvalue weighted by molar-refractivity contribution is 0.385. The maximum atomic E-state index is 5.63. The third-order valence-electron chi connectivity index (χ3n) is 2.91. The molecule has 0 amide bonds. The zero-order valence-corrected chi connectivity index (χ0v) is 7.06. The summed E-state index contributed by atoms with van der Waals surface area (Å²) in [6, 6.07) is 0. The van der Waals surface area contributed by atoms with Gasteiger partial charge in [-0.3, -0.25) is 0 Å². The van der Waals surface area contributed by atoms with E-state index < -0.39 is 0 Å². The smallest absolute Gasteiger partial charge is 0.00203 e. The van der Waals surface area contributed by atoms with Gasteiger partial charge in [-0.1, -0.05) is 13.8 Å². The molecule has 0 unspecified atom stereocenters. The molecule has 10 heavy (non-hydrogen) atoms. The summed E-state index contributed by atoms with van der Waals surface area (Å²) in [6.45, 7) is 9.51. The minimum absolute atomic E-state index is 0.207. The van der Waals surface area contributed by atoms with Crippen molar-refractivity contribution in [3.63, 3.8) is 0 Å². The van der Waals surface area contributed by atoms with Gasteiger partial charge >= 0.3 is 0 Å². The normalized spacial score (nSPS) is 38.4. The fraction of sp³-hybridized carbons (Fsp3) is 0.889. The Balaban J connectivity index is 2.55. The second-order valence-electron chi connectivity index (χ2n) is 4.07. The van der Waals surface area contributed by atoms with Crippen molar-refractivity contribution < 1.29 is 0 Å². The van der Waals surface area contributed by atoms with Crippen molar-refractivity contribution in [2.75, 3.05) is 6.54 Å². The molecule has 1 saturated carbocycles. The molecule has 2 N–H and O–H groups in total. The summed E-state index contributed by atoms with van der Waals surface area (Å²) in [4.78, 5) is 0. The van der Waals surface area contributed by atoms with Crippen molar-refractivity contribution in [2.45, 2.75) is 26.7 Å². The molecule has 0 bridgehead atoms. The third-order valence-corrected chi connectivity index (χ3v) is 2.91. The Labute approximate surface area is 64.0 Å². The van der Waals surface area contributed by atoms with Crippen LogP contribution in [0, 0.1) is 24.2 Å². The SMILES string of the molecule is [CH2]C1(CN)C[C@H](C)[C@@H](C)C1. The van der Waals surface area contributed by atoms with E-state index in [1.54, 1.807) is 0 Å². The van der Waals surface area contributed by atoms with E-state index in [1.165, 1.54) is 12.8 Å². The Bertz CT molecular complexity index is 110. The number of hydrogen-bond donors (Lipinski definition) is 1. The van der Waals surface area contributed by atoms with Crippen molar-refractivity contribution in [3.05, 3.63) is 6.92 Å². The van der Waals surface area contributed by atoms with E-state index >= 15 is 0 Å². The molecule has 1 heteroatoms. The van der Waals surface area contributed by atoms with Crippen LogP contribution in [0.4, 0.5) is 0 Å². The summed E-state index contributed by atoms with van der Waals surface area (Å²) in [5.41, 5.74) is 5.84. The molecule has 0 heterocycles. The lowest BCUT2D eigenvalue weighted by atomic mass is 9.88. The van der Waals surface area contributed by atoms with Crippen LogP contribution in [0.2, 0.25) is 0 Å². The molecule has 0 spiro atoms. The van der Waals surface area contributed by atoms with E-state index in [9.17, 15) is 0 Å². The highest BCUT2D eigenvalue weighted by Gasteiger charge is 2.36. The zero-order chi connectivity index (χ0) is 7.78. The maximum Gasteiger partial charge on any atom is -0.00203 e. The highest BCUT2D eigenvalue weighted by atomic mass is 14.6. The van der Waals surface area contributed by atoms with Gasteiger partial charge in [-0.2, -0.15) is 0 Å². The molecule has 0 aromatic rings. The fourth-order valence-corrected chi connectivity index (χ4v) is 2.02. The molecule has 1 nitrogen and oxygen atoms in total. The Kier molecular flexibility index (Phi) is 2.04. The summed E-state index contributed by atoms with van der Waals surface area (Å²) in [6.07, 6.45) is 2.43. The lowest BCUT2D eigenvalue weighted by Gasteiger charge is -2.20. The van der Waals surface area contributed by atoms with Crippen LogP contribution in [0.15, 0.2) is 0 Å². The van der Waals surface area contributed by atoms with Gasteiger partial charge in [-0.05, 0) is 43.6 Å². The number of hydrogen-bond acceptors (Lipinski definition) is 1. The van der Waals surface area contributed by atoms with E-state index in [2.05, 4.69) is 20.8 Å². The lowest BCUT2D eigenvalue weighted by Crippen LogP contribution is -2.24. The third kappa shape index (κ3) is 1.34. The molecule has 1 fully saturated rings. The van der Waals surface area contributed by atoms with Gasteiger partial charge in [0, 0.05) is 0 Å². The van der Waals surface area contributed by atoms with Gasteiger partial charge in [0.2, 0.25) is 0 Å². The maximum absolute atomic E-state index is 5.63. The van der Waals surface area contributed by atoms with E-state index in [0.29, 0.717) is 0 Å². The van der Waals surface area contributed by atoms with E-state index in [-0.39, 0.29) is 5.41 Å². The van der Waals surface area contributed by atoms with E-state index in [0.717, 1.165) is 18.4 Å². The Hall–Kier alpha value is -0.0400. The summed E-state index contributed by atoms with van der Waals surface area (Å²) in [5.74, 6) is 1.64. The molecule has 1 radical (unpaired) electrons. The van der Waals surface area contributed by atoms with Gasteiger partial charge in [0.15, 0.2) is 0 Å². The number of rotatable bonds is 1. The molecular formula is C9H18N. The van der Waals surface area contributed by atoms with Crippen LogP contribution in [0.1, 0.15) is 26.7 Å². The largest absolute Gasteiger partial charge is 0.330 e. The molecule has 0 saturated heterocycles. The molecule has 1 rings (SSSR count). The van der Waals surface area contributed by atoms with Crippen LogP contribution in [0.3, 0.4) is 0 Å². The summed E-state index contributed by atoms with van der Waals surface area (Å²) < 4.78 is 0. The molecule has 59 valence electrons. The highest BCUT2D eigenvalue weighted by molar-refractivity contribution is 4.93. The van der Waals surface area contributed by atoms with Crippen LogP contribution < -0.4 is 5.73 Å². The Morgan fingerprint density at radius 2 is 1.80 bits per heavy atom. The quantitative estimate of drug-likeness (QED) is 0.591. The van der Waals surface area contributed by atoms with Crippen LogP contribution in [-0.2, 0) is 0 Å². The van der Waals surface area contributed by atoms with Gasteiger partial charge in [-0.15, -0.1) is 0 Å². The number of nitrogens with two attached hydrogens (primary N) is 1. The topological polar surface area (TPSA) is 26.0 Å². The highest BCUT2D eigenvalue weighted by Crippen LogP contribution is 2.43. The van der Waals surface area contributed by atoms with Gasteiger partial charge < -0.3 is 5.73 Å². The second kappa shape index (κ2) is 2.54. The Morgan fingerprint density at radius 1 is 1.40 bits per heavy atom. The van der Waals surface area contributed by atoms with Crippen molar-refractivity contribution in [3.8, 4) is 0 Å². The van der Waals surface area contributed by atoms with Crippen molar-refractivity contribution in [1.29, 1.82) is 0 Å². The van der Waals surface area contributed by atoms with E-state index in [4.69, 9.17) is 5.73 Å². The average molecular weight is 140 g/mol. The van der Waals surface area contributed by atoms with Gasteiger partial charge in [0.1, 0.15) is 0 Å². The zero-order valence-electron chi connectivity index (χ0n) is 7.06. The summed E-state index contributed by atoms with van der Waals surface area (Å²) >= 11 is 0. The molecule has 0 aromatic carbocycles. The van der Waals surface area contributed by atoms with Gasteiger partial charge in [-0.25, -0.2) is 0 Å². The second-order valence-corrected chi connectivity index (χ2v) is 4.07. The Morgan fingerprint density at radius 3 is 2.00 bits per heavy atom. The molecular weight excluding hydrogens is 122 g/mol. The first-order valence-corrected chi connectivity index (χ1v) is 4.13. The van der Waals surface area contributed by atoms with Crippen LogP contribution in [-0.4, -0.2) is 6.54 Å². The molecule has 0 aliphatic heterocycles. The molecule has 2 atom stereocenters. The van der Waals surface area contributed by atoms with Crippen molar-refractivity contribution >= 4 is 0 Å². The minimum Gasteiger partial charge on any atom is -0.330 e. The monoisotopic (exact) mass is 140 g/mol. The van der Waals surface area contributed by atoms with Crippen molar-refractivity contribution in [2.24, 2.45) is 23.0 Å². The predicted molar refractivity (Wildman–Crippen MR) is 44.4 cm³/mol. The van der Waals surface area contributed by atoms with Crippen LogP contribution in [0.5, 0.6) is 0 Å². The summed E-state index contributed by atoms with van der Waals surface area (Å²) in [7, 11) is 0. The van der Waals surface area contributed by atoms with Gasteiger partial charge in [0.25, 0.3) is 0 Å². The van der Waals surface area contributed by atoms with Crippen LogP contribution >= 0.6 is 0 Å². The first-order chi connectivity index (χ1) is 4.57. The fourth-order valence-electron chi connectivity index (χ4n) is 2.02. The summed E-state index contributed by atoms with van der Waals surface area (Å²) in [5, 5.41) is 0. The first kappa shape index (κ1) is 8.06. The van der Waals surface area contributed by atoms with E-state index in [1.807, 2.05) is 0 Å². The molecule has 1 aliphatic carbocycles.